The topological polar surface area (TPSA) is 65.0 Å². The third-order valence-electron chi connectivity index (χ3n) is 9.34. The molecule has 10 aromatic rings. The molecule has 7 aromatic carbocycles. The van der Waals surface area contributed by atoms with E-state index in [1.165, 1.54) is 0 Å². The second-order valence-corrected chi connectivity index (χ2v) is 12.4. The van der Waals surface area contributed by atoms with E-state index in [0.29, 0.717) is 17.5 Å². The van der Waals surface area contributed by atoms with Crippen molar-refractivity contribution >= 4 is 43.9 Å². The molecule has 234 valence electrons. The average Bonchev–Trinajstić information content (AvgIpc) is 3.76. The number of nitrogens with zero attached hydrogens (tertiary/aromatic N) is 3. The largest absolute Gasteiger partial charge is 0.456 e. The van der Waals surface area contributed by atoms with Crippen LogP contribution in [0, 0.1) is 0 Å². The predicted octanol–water partition coefficient (Wildman–Crippen LogP) is 12.0. The van der Waals surface area contributed by atoms with Gasteiger partial charge in [0.25, 0.3) is 0 Å². The van der Waals surface area contributed by atoms with Gasteiger partial charge < -0.3 is 8.83 Å². The highest BCUT2D eigenvalue weighted by Gasteiger charge is 2.17. The molecule has 0 atom stereocenters. The van der Waals surface area contributed by atoms with E-state index in [2.05, 4.69) is 84.9 Å². The minimum absolute atomic E-state index is 0.600. The molecule has 0 aliphatic rings. The molecule has 0 saturated heterocycles. The second-order valence-electron chi connectivity index (χ2n) is 12.4. The van der Waals surface area contributed by atoms with Gasteiger partial charge in [-0.3, -0.25) is 0 Å². The number of aromatic nitrogens is 3. The summed E-state index contributed by atoms with van der Waals surface area (Å²) in [5.74, 6) is 1.84. The van der Waals surface area contributed by atoms with E-state index in [-0.39, 0.29) is 0 Å². The van der Waals surface area contributed by atoms with Crippen molar-refractivity contribution in [3.8, 4) is 56.4 Å². The molecule has 5 heteroatoms. The number of hydrogen-bond acceptors (Lipinski definition) is 5. The molecule has 0 unspecified atom stereocenters. The van der Waals surface area contributed by atoms with Crippen LogP contribution in [0.15, 0.2) is 173 Å². The Morgan fingerprint density at radius 1 is 0.300 bits per heavy atom. The van der Waals surface area contributed by atoms with Gasteiger partial charge >= 0.3 is 0 Å². The first-order chi connectivity index (χ1) is 24.7. The van der Waals surface area contributed by atoms with E-state index < -0.39 is 0 Å². The molecule has 0 N–H and O–H groups in total. The molecule has 0 aliphatic heterocycles. The van der Waals surface area contributed by atoms with Crippen LogP contribution in [0.5, 0.6) is 0 Å². The molecule has 5 nitrogen and oxygen atoms in total. The molecule has 0 fully saturated rings. The van der Waals surface area contributed by atoms with Crippen molar-refractivity contribution in [1.29, 1.82) is 0 Å². The van der Waals surface area contributed by atoms with Crippen LogP contribution in [-0.4, -0.2) is 15.0 Å². The zero-order valence-corrected chi connectivity index (χ0v) is 26.7. The lowest BCUT2D eigenvalue weighted by Crippen LogP contribution is -2.00. The Morgan fingerprint density at radius 2 is 0.880 bits per heavy atom. The third-order valence-corrected chi connectivity index (χ3v) is 9.34. The minimum Gasteiger partial charge on any atom is -0.456 e. The number of hydrogen-bond donors (Lipinski definition) is 0. The molecule has 0 radical (unpaired) electrons. The van der Waals surface area contributed by atoms with Gasteiger partial charge in [0.15, 0.2) is 17.5 Å². The zero-order chi connectivity index (χ0) is 33.0. The van der Waals surface area contributed by atoms with Crippen LogP contribution in [-0.2, 0) is 0 Å². The van der Waals surface area contributed by atoms with Crippen molar-refractivity contribution in [3.63, 3.8) is 0 Å². The van der Waals surface area contributed by atoms with Gasteiger partial charge in [-0.1, -0.05) is 121 Å². The molecule has 0 amide bonds. The molecule has 3 heterocycles. The smallest absolute Gasteiger partial charge is 0.164 e. The molecule has 0 spiro atoms. The highest BCUT2D eigenvalue weighted by Crippen LogP contribution is 2.39. The van der Waals surface area contributed by atoms with Crippen molar-refractivity contribution in [3.05, 3.63) is 164 Å². The summed E-state index contributed by atoms with van der Waals surface area (Å²) in [6, 6.07) is 55.7. The maximum atomic E-state index is 6.43. The standard InChI is InChI=1S/C45H27N3O2/c1-3-11-28(12-4-1)30-15-9-16-32(25-30)44-46-43(29-13-5-2-6-14-29)47-45(48-44)33-22-24-40-38(26-33)36-23-21-31(27-41(36)49-40)34-18-10-19-37-35-17-7-8-20-39(35)50-42(34)37/h1-27H. The Kier molecular flexibility index (Phi) is 6.42. The van der Waals surface area contributed by atoms with Crippen LogP contribution < -0.4 is 0 Å². The molecule has 50 heavy (non-hydrogen) atoms. The van der Waals surface area contributed by atoms with Crippen LogP contribution >= 0.6 is 0 Å². The van der Waals surface area contributed by atoms with Crippen LogP contribution in [0.1, 0.15) is 0 Å². The highest BCUT2D eigenvalue weighted by atomic mass is 16.3. The first-order valence-corrected chi connectivity index (χ1v) is 16.6. The number of fused-ring (bicyclic) bond motifs is 6. The highest BCUT2D eigenvalue weighted by molar-refractivity contribution is 6.11. The van der Waals surface area contributed by atoms with Gasteiger partial charge in [0.1, 0.15) is 22.3 Å². The predicted molar refractivity (Wildman–Crippen MR) is 202 cm³/mol. The maximum absolute atomic E-state index is 6.43. The Labute approximate surface area is 287 Å². The van der Waals surface area contributed by atoms with Crippen molar-refractivity contribution in [2.45, 2.75) is 0 Å². The lowest BCUT2D eigenvalue weighted by molar-refractivity contribution is 0.668. The molecular weight excluding hydrogens is 615 g/mol. The van der Waals surface area contributed by atoms with Gasteiger partial charge in [0.05, 0.1) is 0 Å². The van der Waals surface area contributed by atoms with E-state index in [9.17, 15) is 0 Å². The lowest BCUT2D eigenvalue weighted by Gasteiger charge is -2.10. The van der Waals surface area contributed by atoms with Gasteiger partial charge in [-0.2, -0.15) is 0 Å². The lowest BCUT2D eigenvalue weighted by atomic mass is 10.0. The van der Waals surface area contributed by atoms with E-state index >= 15 is 0 Å². The fraction of sp³-hybridized carbons (Fsp3) is 0. The number of benzene rings is 7. The Balaban J connectivity index is 1.09. The van der Waals surface area contributed by atoms with Crippen LogP contribution in [0.25, 0.3) is 100 Å². The van der Waals surface area contributed by atoms with Crippen molar-refractivity contribution in [2.24, 2.45) is 0 Å². The van der Waals surface area contributed by atoms with Crippen molar-refractivity contribution in [2.75, 3.05) is 0 Å². The fourth-order valence-electron chi connectivity index (χ4n) is 6.88. The summed E-state index contributed by atoms with van der Waals surface area (Å²) in [4.78, 5) is 15.0. The van der Waals surface area contributed by atoms with E-state index in [4.69, 9.17) is 23.8 Å². The second kappa shape index (κ2) is 11.4. The number of para-hydroxylation sites is 2. The fourth-order valence-corrected chi connectivity index (χ4v) is 6.88. The van der Waals surface area contributed by atoms with Gasteiger partial charge in [-0.15, -0.1) is 0 Å². The van der Waals surface area contributed by atoms with Crippen molar-refractivity contribution < 1.29 is 8.83 Å². The van der Waals surface area contributed by atoms with Gasteiger partial charge in [-0.25, -0.2) is 15.0 Å². The summed E-state index contributed by atoms with van der Waals surface area (Å²) in [5, 5.41) is 4.24. The summed E-state index contributed by atoms with van der Waals surface area (Å²) in [6.45, 7) is 0. The summed E-state index contributed by atoms with van der Waals surface area (Å²) in [5.41, 5.74) is 10.4. The quantitative estimate of drug-likeness (QED) is 0.187. The van der Waals surface area contributed by atoms with Gasteiger partial charge in [0, 0.05) is 43.8 Å². The SMILES string of the molecule is c1ccc(-c2cccc(-c3nc(-c4ccccc4)nc(-c4ccc5oc6cc(-c7cccc8c7oc7ccccc78)ccc6c5c4)n3)c2)cc1. The number of furan rings is 2. The third kappa shape index (κ3) is 4.75. The monoisotopic (exact) mass is 641 g/mol. The van der Waals surface area contributed by atoms with Gasteiger partial charge in [0.2, 0.25) is 0 Å². The Hall–Kier alpha value is -6.85. The van der Waals surface area contributed by atoms with E-state index in [0.717, 1.165) is 82.8 Å². The van der Waals surface area contributed by atoms with Crippen molar-refractivity contribution in [1.82, 2.24) is 15.0 Å². The molecule has 0 aliphatic carbocycles. The summed E-state index contributed by atoms with van der Waals surface area (Å²) in [6.07, 6.45) is 0. The Bertz CT molecular complexity index is 2870. The first kappa shape index (κ1) is 28.2. The normalized spacial score (nSPS) is 11.6. The molecule has 0 bridgehead atoms. The van der Waals surface area contributed by atoms with E-state index in [1.54, 1.807) is 0 Å². The molecule has 3 aromatic heterocycles. The first-order valence-electron chi connectivity index (χ1n) is 16.6. The van der Waals surface area contributed by atoms with E-state index in [1.807, 2.05) is 78.9 Å². The summed E-state index contributed by atoms with van der Waals surface area (Å²) >= 11 is 0. The zero-order valence-electron chi connectivity index (χ0n) is 26.7. The average molecular weight is 642 g/mol. The van der Waals surface area contributed by atoms with Crippen LogP contribution in [0.3, 0.4) is 0 Å². The minimum atomic E-state index is 0.600. The van der Waals surface area contributed by atoms with Crippen LogP contribution in [0.4, 0.5) is 0 Å². The maximum Gasteiger partial charge on any atom is 0.164 e. The van der Waals surface area contributed by atoms with Crippen LogP contribution in [0.2, 0.25) is 0 Å². The summed E-state index contributed by atoms with van der Waals surface area (Å²) in [7, 11) is 0. The molecule has 0 saturated carbocycles. The number of rotatable bonds is 5. The summed E-state index contributed by atoms with van der Waals surface area (Å²) < 4.78 is 12.8. The Morgan fingerprint density at radius 3 is 1.70 bits per heavy atom. The van der Waals surface area contributed by atoms with Gasteiger partial charge in [-0.05, 0) is 59.2 Å². The molecule has 10 rings (SSSR count). The molecular formula is C45H27N3O2.